The molecule has 0 unspecified atom stereocenters. The summed E-state index contributed by atoms with van der Waals surface area (Å²) in [7, 11) is 0. The molecule has 8 aromatic rings. The first kappa shape index (κ1) is 25.9. The monoisotopic (exact) mass is 591 g/mol. The zero-order valence-corrected chi connectivity index (χ0v) is 25.0. The fourth-order valence-electron chi connectivity index (χ4n) is 6.30. The van der Waals surface area contributed by atoms with Crippen LogP contribution >= 0.6 is 11.8 Å². The zero-order chi connectivity index (χ0) is 29.7. The lowest BCUT2D eigenvalue weighted by molar-refractivity contribution is 1.08. The highest BCUT2D eigenvalue weighted by Gasteiger charge is 2.23. The molecule has 0 atom stereocenters. The van der Waals surface area contributed by atoms with Crippen molar-refractivity contribution >= 4 is 33.3 Å². The maximum atomic E-state index is 5.05. The molecule has 0 radical (unpaired) electrons. The maximum absolute atomic E-state index is 5.05. The van der Waals surface area contributed by atoms with Crippen LogP contribution in [0.25, 0.3) is 78.0 Å². The van der Waals surface area contributed by atoms with Gasteiger partial charge in [-0.2, -0.15) is 0 Å². The fraction of sp³-hybridized carbons (Fsp3) is 0. The van der Waals surface area contributed by atoms with Crippen LogP contribution in [0.4, 0.5) is 0 Å². The Labute approximate surface area is 265 Å². The van der Waals surface area contributed by atoms with Crippen molar-refractivity contribution < 1.29 is 0 Å². The van der Waals surface area contributed by atoms with Crippen molar-refractivity contribution in [3.63, 3.8) is 0 Å². The van der Waals surface area contributed by atoms with Gasteiger partial charge in [0.05, 0.1) is 0 Å². The Morgan fingerprint density at radius 2 is 0.978 bits per heavy atom. The molecule has 7 aromatic carbocycles. The van der Waals surface area contributed by atoms with E-state index < -0.39 is 0 Å². The van der Waals surface area contributed by atoms with Crippen LogP contribution in [0.1, 0.15) is 0 Å². The predicted octanol–water partition coefficient (Wildman–Crippen LogP) is 11.0. The van der Waals surface area contributed by atoms with E-state index in [9.17, 15) is 0 Å². The van der Waals surface area contributed by atoms with Crippen LogP contribution in [0.15, 0.2) is 161 Å². The number of fused-ring (bicyclic) bond motifs is 3. The Bertz CT molecular complexity index is 2340. The summed E-state index contributed by atoms with van der Waals surface area (Å²) in [5.74, 6) is 2.01. The zero-order valence-electron chi connectivity index (χ0n) is 24.2. The normalized spacial score (nSPS) is 11.9. The highest BCUT2D eigenvalue weighted by Crippen LogP contribution is 2.50. The van der Waals surface area contributed by atoms with E-state index >= 15 is 0 Å². The summed E-state index contributed by atoms with van der Waals surface area (Å²) < 4.78 is 0. The number of hydrogen-bond donors (Lipinski definition) is 0. The van der Waals surface area contributed by atoms with Gasteiger partial charge in [-0.05, 0) is 68.7 Å². The molecule has 9 rings (SSSR count). The first-order valence-corrected chi connectivity index (χ1v) is 15.8. The number of benzene rings is 7. The number of nitrogens with zero attached hydrogens (tertiary/aromatic N) is 3. The summed E-state index contributed by atoms with van der Waals surface area (Å²) in [6.45, 7) is 0. The average molecular weight is 592 g/mol. The van der Waals surface area contributed by atoms with Crippen LogP contribution in [0, 0.1) is 0 Å². The second-order valence-corrected chi connectivity index (χ2v) is 12.3. The van der Waals surface area contributed by atoms with Gasteiger partial charge in [-0.15, -0.1) is 0 Å². The van der Waals surface area contributed by atoms with Crippen LogP contribution in [0.2, 0.25) is 0 Å². The Morgan fingerprint density at radius 3 is 1.73 bits per heavy atom. The van der Waals surface area contributed by atoms with E-state index in [1.807, 2.05) is 72.4 Å². The van der Waals surface area contributed by atoms with Gasteiger partial charge in [0.2, 0.25) is 0 Å². The van der Waals surface area contributed by atoms with Crippen LogP contribution in [0.3, 0.4) is 0 Å². The molecule has 0 amide bonds. The van der Waals surface area contributed by atoms with Gasteiger partial charge in [0.25, 0.3) is 0 Å². The highest BCUT2D eigenvalue weighted by molar-refractivity contribution is 7.99. The molecule has 1 aliphatic rings. The maximum Gasteiger partial charge on any atom is 0.164 e. The molecular formula is C41H25N3S. The van der Waals surface area contributed by atoms with E-state index in [0.29, 0.717) is 17.5 Å². The van der Waals surface area contributed by atoms with Crippen molar-refractivity contribution in [3.8, 4) is 56.4 Å². The molecule has 0 saturated heterocycles. The Kier molecular flexibility index (Phi) is 6.06. The molecule has 0 N–H and O–H groups in total. The van der Waals surface area contributed by atoms with E-state index in [2.05, 4.69) is 91.0 Å². The number of hydrogen-bond acceptors (Lipinski definition) is 4. The second kappa shape index (κ2) is 10.5. The summed E-state index contributed by atoms with van der Waals surface area (Å²) >= 11 is 1.83. The lowest BCUT2D eigenvalue weighted by atomic mass is 9.92. The summed E-state index contributed by atoms with van der Waals surface area (Å²) in [4.78, 5) is 17.5. The molecule has 45 heavy (non-hydrogen) atoms. The van der Waals surface area contributed by atoms with Gasteiger partial charge >= 0.3 is 0 Å². The Balaban J connectivity index is 1.22. The first-order valence-electron chi connectivity index (χ1n) is 15.0. The van der Waals surface area contributed by atoms with Crippen LogP contribution in [-0.4, -0.2) is 15.0 Å². The van der Waals surface area contributed by atoms with E-state index in [4.69, 9.17) is 15.0 Å². The molecule has 210 valence electrons. The molecule has 4 heteroatoms. The minimum atomic E-state index is 0.666. The molecule has 1 aliphatic heterocycles. The van der Waals surface area contributed by atoms with Gasteiger partial charge in [0, 0.05) is 31.9 Å². The van der Waals surface area contributed by atoms with Crippen molar-refractivity contribution in [2.45, 2.75) is 9.79 Å². The number of aromatic nitrogens is 3. The standard InChI is InChI=1S/C41H25N3S/c1-3-11-27(12-4-1)39-42-40(28-13-5-2-6-14-28)44-41(43-39)34-21-23-37-38-32(34)16-9-17-33(38)35-25-31(20-22-36(35)45-37)30-19-18-26-10-7-8-15-29(26)24-30/h1-25H. The lowest BCUT2D eigenvalue weighted by Crippen LogP contribution is -2.01. The first-order chi connectivity index (χ1) is 22.3. The molecule has 0 fully saturated rings. The third-order valence-corrected chi connectivity index (χ3v) is 9.65. The average Bonchev–Trinajstić information content (AvgIpc) is 3.12. The third kappa shape index (κ3) is 4.50. The molecule has 3 nitrogen and oxygen atoms in total. The molecule has 0 saturated carbocycles. The molecule has 1 aromatic heterocycles. The Hall–Kier alpha value is -5.58. The smallest absolute Gasteiger partial charge is 0.164 e. The molecule has 0 bridgehead atoms. The largest absolute Gasteiger partial charge is 0.208 e. The third-order valence-electron chi connectivity index (χ3n) is 8.52. The summed E-state index contributed by atoms with van der Waals surface area (Å²) in [6, 6.07) is 53.4. The van der Waals surface area contributed by atoms with E-state index in [1.165, 1.54) is 48.2 Å². The predicted molar refractivity (Wildman–Crippen MR) is 186 cm³/mol. The van der Waals surface area contributed by atoms with E-state index in [1.54, 1.807) is 0 Å². The summed E-state index contributed by atoms with van der Waals surface area (Å²) in [5.41, 5.74) is 7.86. The van der Waals surface area contributed by atoms with Crippen molar-refractivity contribution in [1.82, 2.24) is 15.0 Å². The van der Waals surface area contributed by atoms with Gasteiger partial charge in [-0.3, -0.25) is 0 Å². The van der Waals surface area contributed by atoms with Gasteiger partial charge in [0.1, 0.15) is 0 Å². The Morgan fingerprint density at radius 1 is 0.356 bits per heavy atom. The SMILES string of the molecule is c1ccc(-c2nc(-c3ccccc3)nc(-c3ccc4c5c(cccc35)-c3cc(-c5ccc6ccccc6c5)ccc3S4)n2)cc1. The minimum absolute atomic E-state index is 0.666. The van der Waals surface area contributed by atoms with Crippen molar-refractivity contribution in [1.29, 1.82) is 0 Å². The molecule has 0 aliphatic carbocycles. The molecule has 0 spiro atoms. The second-order valence-electron chi connectivity index (χ2n) is 11.3. The van der Waals surface area contributed by atoms with Crippen LogP contribution in [-0.2, 0) is 0 Å². The lowest BCUT2D eigenvalue weighted by Gasteiger charge is -2.22. The quantitative estimate of drug-likeness (QED) is 0.204. The van der Waals surface area contributed by atoms with Gasteiger partial charge in [-0.25, -0.2) is 15.0 Å². The highest BCUT2D eigenvalue weighted by atomic mass is 32.2. The summed E-state index contributed by atoms with van der Waals surface area (Å²) in [6.07, 6.45) is 0. The van der Waals surface area contributed by atoms with Gasteiger partial charge < -0.3 is 0 Å². The minimum Gasteiger partial charge on any atom is -0.208 e. The van der Waals surface area contributed by atoms with Crippen molar-refractivity contribution in [2.75, 3.05) is 0 Å². The van der Waals surface area contributed by atoms with Gasteiger partial charge in [-0.1, -0.05) is 133 Å². The van der Waals surface area contributed by atoms with Crippen LogP contribution < -0.4 is 0 Å². The van der Waals surface area contributed by atoms with Crippen molar-refractivity contribution in [2.24, 2.45) is 0 Å². The summed E-state index contributed by atoms with van der Waals surface area (Å²) in [5, 5.41) is 4.89. The van der Waals surface area contributed by atoms with E-state index in [-0.39, 0.29) is 0 Å². The fourth-order valence-corrected chi connectivity index (χ4v) is 7.41. The topological polar surface area (TPSA) is 38.7 Å². The van der Waals surface area contributed by atoms with Crippen molar-refractivity contribution in [3.05, 3.63) is 152 Å². The van der Waals surface area contributed by atoms with Crippen LogP contribution in [0.5, 0.6) is 0 Å². The molecule has 2 heterocycles. The van der Waals surface area contributed by atoms with E-state index in [0.717, 1.165) is 22.1 Å². The molecular weight excluding hydrogens is 567 g/mol. The number of rotatable bonds is 4. The van der Waals surface area contributed by atoms with Gasteiger partial charge in [0.15, 0.2) is 17.5 Å².